The molecular formula is C18H16BrNO2. The van der Waals surface area contributed by atoms with Gasteiger partial charge in [0.25, 0.3) is 0 Å². The van der Waals surface area contributed by atoms with Crippen LogP contribution >= 0.6 is 15.9 Å². The normalized spacial score (nSPS) is 10.8. The van der Waals surface area contributed by atoms with Gasteiger partial charge in [-0.05, 0) is 24.6 Å². The molecular weight excluding hydrogens is 342 g/mol. The predicted molar refractivity (Wildman–Crippen MR) is 89.3 cm³/mol. The van der Waals surface area contributed by atoms with E-state index in [4.69, 9.17) is 9.26 Å². The van der Waals surface area contributed by atoms with Crippen LogP contribution in [0.1, 0.15) is 16.9 Å². The maximum absolute atomic E-state index is 5.83. The summed E-state index contributed by atoms with van der Waals surface area (Å²) in [5.74, 6) is 0.801. The Morgan fingerprint density at radius 3 is 2.45 bits per heavy atom. The van der Waals surface area contributed by atoms with E-state index in [0.29, 0.717) is 13.2 Å². The zero-order valence-electron chi connectivity index (χ0n) is 12.3. The number of nitrogens with zero attached hydrogens (tertiary/aromatic N) is 1. The molecule has 2 aromatic carbocycles. The zero-order valence-corrected chi connectivity index (χ0v) is 13.8. The Balaban J connectivity index is 1.70. The molecule has 0 fully saturated rings. The minimum Gasteiger partial charge on any atom is -0.372 e. The number of ether oxygens (including phenoxy) is 1. The molecule has 3 nitrogen and oxygen atoms in total. The molecule has 0 spiro atoms. The molecule has 112 valence electrons. The molecule has 1 aromatic heterocycles. The summed E-state index contributed by atoms with van der Waals surface area (Å²) in [6.45, 7) is 2.96. The Bertz CT molecular complexity index is 736. The van der Waals surface area contributed by atoms with Crippen LogP contribution in [0.3, 0.4) is 0 Å². The third-order valence-electron chi connectivity index (χ3n) is 3.46. The number of halogens is 1. The first kappa shape index (κ1) is 15.0. The molecule has 0 aliphatic rings. The molecule has 0 saturated heterocycles. The van der Waals surface area contributed by atoms with Gasteiger partial charge in [0.15, 0.2) is 0 Å². The van der Waals surface area contributed by atoms with Crippen molar-refractivity contribution in [3.63, 3.8) is 0 Å². The van der Waals surface area contributed by atoms with Crippen LogP contribution < -0.4 is 0 Å². The number of aromatic nitrogens is 1. The van der Waals surface area contributed by atoms with Gasteiger partial charge in [-0.1, -0.05) is 63.6 Å². The third-order valence-corrected chi connectivity index (χ3v) is 3.99. The van der Waals surface area contributed by atoms with Crippen molar-refractivity contribution >= 4 is 15.9 Å². The molecule has 4 heteroatoms. The van der Waals surface area contributed by atoms with E-state index in [1.165, 1.54) is 0 Å². The molecule has 22 heavy (non-hydrogen) atoms. The van der Waals surface area contributed by atoms with Gasteiger partial charge in [-0.2, -0.15) is 0 Å². The highest BCUT2D eigenvalue weighted by Crippen LogP contribution is 2.26. The van der Waals surface area contributed by atoms with E-state index in [1.807, 2.05) is 61.5 Å². The Morgan fingerprint density at radius 1 is 1.00 bits per heavy atom. The van der Waals surface area contributed by atoms with Crippen LogP contribution in [-0.2, 0) is 18.0 Å². The molecule has 1 heterocycles. The molecule has 3 rings (SSSR count). The Labute approximate surface area is 138 Å². The Hall–Kier alpha value is -1.91. The van der Waals surface area contributed by atoms with E-state index in [-0.39, 0.29) is 0 Å². The summed E-state index contributed by atoms with van der Waals surface area (Å²) >= 11 is 3.43. The van der Waals surface area contributed by atoms with Gasteiger partial charge in [-0.25, -0.2) is 0 Å². The van der Waals surface area contributed by atoms with Gasteiger partial charge in [0.05, 0.1) is 13.2 Å². The fourth-order valence-electron chi connectivity index (χ4n) is 2.24. The first-order valence-electron chi connectivity index (χ1n) is 7.07. The number of aryl methyl sites for hydroxylation is 1. The molecule has 0 amide bonds. The molecule has 0 atom stereocenters. The zero-order chi connectivity index (χ0) is 15.4. The molecule has 0 unspecified atom stereocenters. The lowest BCUT2D eigenvalue weighted by atomic mass is 10.1. The minimum atomic E-state index is 0.482. The number of hydrogen-bond donors (Lipinski definition) is 0. The lowest BCUT2D eigenvalue weighted by molar-refractivity contribution is 0.106. The SMILES string of the molecule is Cc1onc(-c2ccccc2)c1COCc1ccc(Br)cc1. The van der Waals surface area contributed by atoms with Crippen LogP contribution in [0, 0.1) is 6.92 Å². The first-order chi connectivity index (χ1) is 10.7. The van der Waals surface area contributed by atoms with Gasteiger partial charge in [0.1, 0.15) is 11.5 Å². The predicted octanol–water partition coefficient (Wildman–Crippen LogP) is 5.13. The maximum atomic E-state index is 5.83. The largest absolute Gasteiger partial charge is 0.372 e. The average Bonchev–Trinajstić information content (AvgIpc) is 2.91. The molecule has 0 aliphatic heterocycles. The summed E-state index contributed by atoms with van der Waals surface area (Å²) in [6, 6.07) is 18.1. The van der Waals surface area contributed by atoms with Crippen molar-refractivity contribution in [2.45, 2.75) is 20.1 Å². The smallest absolute Gasteiger partial charge is 0.139 e. The van der Waals surface area contributed by atoms with Crippen molar-refractivity contribution in [3.05, 3.63) is 76.0 Å². The topological polar surface area (TPSA) is 35.3 Å². The van der Waals surface area contributed by atoms with Gasteiger partial charge >= 0.3 is 0 Å². The quantitative estimate of drug-likeness (QED) is 0.634. The lowest BCUT2D eigenvalue weighted by Gasteiger charge is -2.06. The highest BCUT2D eigenvalue weighted by molar-refractivity contribution is 9.10. The van der Waals surface area contributed by atoms with Crippen LogP contribution in [0.4, 0.5) is 0 Å². The van der Waals surface area contributed by atoms with Crippen molar-refractivity contribution in [1.82, 2.24) is 5.16 Å². The van der Waals surface area contributed by atoms with Crippen LogP contribution in [0.5, 0.6) is 0 Å². The van der Waals surface area contributed by atoms with Crippen LogP contribution in [0.25, 0.3) is 11.3 Å². The summed E-state index contributed by atoms with van der Waals surface area (Å²) < 4.78 is 12.2. The fraction of sp³-hybridized carbons (Fsp3) is 0.167. The number of benzene rings is 2. The first-order valence-corrected chi connectivity index (χ1v) is 7.86. The van der Waals surface area contributed by atoms with E-state index in [1.54, 1.807) is 0 Å². The van der Waals surface area contributed by atoms with Crippen molar-refractivity contribution in [1.29, 1.82) is 0 Å². The van der Waals surface area contributed by atoms with E-state index in [0.717, 1.165) is 32.6 Å². The summed E-state index contributed by atoms with van der Waals surface area (Å²) in [5, 5.41) is 4.16. The number of rotatable bonds is 5. The Kier molecular flexibility index (Phi) is 4.71. The monoisotopic (exact) mass is 357 g/mol. The highest BCUT2D eigenvalue weighted by Gasteiger charge is 2.14. The van der Waals surface area contributed by atoms with Crippen LogP contribution in [-0.4, -0.2) is 5.16 Å². The van der Waals surface area contributed by atoms with E-state index in [9.17, 15) is 0 Å². The van der Waals surface area contributed by atoms with Crippen molar-refractivity contribution < 1.29 is 9.26 Å². The van der Waals surface area contributed by atoms with Gasteiger partial charge in [-0.3, -0.25) is 0 Å². The summed E-state index contributed by atoms with van der Waals surface area (Å²) in [4.78, 5) is 0. The maximum Gasteiger partial charge on any atom is 0.139 e. The summed E-state index contributed by atoms with van der Waals surface area (Å²) in [5.41, 5.74) is 4.04. The average molecular weight is 358 g/mol. The van der Waals surface area contributed by atoms with Crippen LogP contribution in [0.15, 0.2) is 63.6 Å². The molecule has 0 saturated carbocycles. The molecule has 3 aromatic rings. The van der Waals surface area contributed by atoms with Gasteiger partial charge in [-0.15, -0.1) is 0 Å². The van der Waals surface area contributed by atoms with Gasteiger partial charge < -0.3 is 9.26 Å². The van der Waals surface area contributed by atoms with E-state index in [2.05, 4.69) is 21.1 Å². The van der Waals surface area contributed by atoms with Crippen molar-refractivity contribution in [2.75, 3.05) is 0 Å². The molecule has 0 N–H and O–H groups in total. The van der Waals surface area contributed by atoms with E-state index < -0.39 is 0 Å². The highest BCUT2D eigenvalue weighted by atomic mass is 79.9. The van der Waals surface area contributed by atoms with E-state index >= 15 is 0 Å². The second-order valence-corrected chi connectivity index (χ2v) is 5.97. The summed E-state index contributed by atoms with van der Waals surface area (Å²) in [6.07, 6.45) is 0. The second kappa shape index (κ2) is 6.90. The number of hydrogen-bond acceptors (Lipinski definition) is 3. The van der Waals surface area contributed by atoms with Crippen molar-refractivity contribution in [2.24, 2.45) is 0 Å². The standard InChI is InChI=1S/C18H16BrNO2/c1-13-17(12-21-11-14-7-9-16(19)10-8-14)18(20-22-13)15-5-3-2-4-6-15/h2-10H,11-12H2,1H3. The molecule has 0 aliphatic carbocycles. The molecule has 0 bridgehead atoms. The third kappa shape index (κ3) is 3.46. The van der Waals surface area contributed by atoms with Gasteiger partial charge in [0.2, 0.25) is 0 Å². The fourth-order valence-corrected chi connectivity index (χ4v) is 2.50. The van der Waals surface area contributed by atoms with Gasteiger partial charge in [0, 0.05) is 15.6 Å². The summed E-state index contributed by atoms with van der Waals surface area (Å²) in [7, 11) is 0. The lowest BCUT2D eigenvalue weighted by Crippen LogP contribution is -1.96. The van der Waals surface area contributed by atoms with Crippen LogP contribution in [0.2, 0.25) is 0 Å². The molecule has 0 radical (unpaired) electrons. The minimum absolute atomic E-state index is 0.482. The Morgan fingerprint density at radius 2 is 1.73 bits per heavy atom. The van der Waals surface area contributed by atoms with Crippen molar-refractivity contribution in [3.8, 4) is 11.3 Å². The second-order valence-electron chi connectivity index (χ2n) is 5.05.